The number of rotatable bonds is 2. The van der Waals surface area contributed by atoms with E-state index in [1.807, 2.05) is 0 Å². The summed E-state index contributed by atoms with van der Waals surface area (Å²) >= 11 is 2.34. The normalized spacial score (nSPS) is 15.6. The Morgan fingerprint density at radius 1 is 1.33 bits per heavy atom. The quantitative estimate of drug-likeness (QED) is 0.750. The van der Waals surface area contributed by atoms with Crippen molar-refractivity contribution < 1.29 is 4.74 Å². The summed E-state index contributed by atoms with van der Waals surface area (Å²) in [5.74, 6) is 0.982. The van der Waals surface area contributed by atoms with Crippen LogP contribution < -0.4 is 0 Å². The Kier molecular flexibility index (Phi) is 3.46. The van der Waals surface area contributed by atoms with Crippen LogP contribution >= 0.6 is 22.6 Å². The zero-order valence-electron chi connectivity index (χ0n) is 8.66. The number of ether oxygens (including phenoxy) is 1. The van der Waals surface area contributed by atoms with E-state index in [-0.39, 0.29) is 0 Å². The lowest BCUT2D eigenvalue weighted by molar-refractivity contribution is 0.304. The van der Waals surface area contributed by atoms with Gasteiger partial charge in [-0.25, -0.2) is 0 Å². The lowest BCUT2D eigenvalue weighted by Gasteiger charge is -2.13. The van der Waals surface area contributed by atoms with E-state index in [1.165, 1.54) is 14.7 Å². The second-order valence-electron chi connectivity index (χ2n) is 3.53. The molecule has 0 unspecified atom stereocenters. The first-order valence-corrected chi connectivity index (χ1v) is 6.08. The predicted molar refractivity (Wildman–Crippen MR) is 71.5 cm³/mol. The highest BCUT2D eigenvalue weighted by atomic mass is 127. The fourth-order valence-corrected chi connectivity index (χ4v) is 2.27. The molecule has 0 aromatic heterocycles. The molecule has 0 fully saturated rings. The van der Waals surface area contributed by atoms with Crippen LogP contribution in [0.15, 0.2) is 42.2 Å². The maximum Gasteiger partial charge on any atom is 0.115 e. The van der Waals surface area contributed by atoms with Gasteiger partial charge in [-0.2, -0.15) is 0 Å². The van der Waals surface area contributed by atoms with Crippen molar-refractivity contribution in [2.24, 2.45) is 0 Å². The summed E-state index contributed by atoms with van der Waals surface area (Å²) in [6.45, 7) is 0. The Hall–Kier alpha value is -0.770. The highest BCUT2D eigenvalue weighted by Gasteiger charge is 2.07. The second kappa shape index (κ2) is 4.84. The summed E-state index contributed by atoms with van der Waals surface area (Å²) in [5, 5.41) is 0. The molecule has 0 saturated heterocycles. The molecule has 0 atom stereocenters. The summed E-state index contributed by atoms with van der Waals surface area (Å²) in [6, 6.07) is 8.58. The number of hydrogen-bond acceptors (Lipinski definition) is 1. The zero-order valence-corrected chi connectivity index (χ0v) is 10.8. The van der Waals surface area contributed by atoms with Crippen molar-refractivity contribution >= 4 is 28.2 Å². The third-order valence-corrected chi connectivity index (χ3v) is 3.18. The van der Waals surface area contributed by atoms with E-state index in [2.05, 4.69) is 59.0 Å². The molecule has 0 spiro atoms. The van der Waals surface area contributed by atoms with Crippen molar-refractivity contribution in [1.29, 1.82) is 0 Å². The van der Waals surface area contributed by atoms with E-state index in [4.69, 9.17) is 4.74 Å². The van der Waals surface area contributed by atoms with E-state index in [0.717, 1.165) is 18.6 Å². The molecule has 0 N–H and O–H groups in total. The molecular formula is C13H13IO. The van der Waals surface area contributed by atoms with Crippen LogP contribution in [0.2, 0.25) is 0 Å². The molecule has 0 amide bonds. The van der Waals surface area contributed by atoms with Crippen LogP contribution in [0.3, 0.4) is 0 Å². The molecule has 1 aromatic rings. The summed E-state index contributed by atoms with van der Waals surface area (Å²) in [7, 11) is 1.72. The Morgan fingerprint density at radius 2 is 2.20 bits per heavy atom. The van der Waals surface area contributed by atoms with Gasteiger partial charge in [0.25, 0.3) is 0 Å². The summed E-state index contributed by atoms with van der Waals surface area (Å²) < 4.78 is 6.53. The Balaban J connectivity index is 2.31. The van der Waals surface area contributed by atoms with Crippen molar-refractivity contribution in [1.82, 2.24) is 0 Å². The minimum absolute atomic E-state index is 0.982. The first kappa shape index (κ1) is 10.7. The van der Waals surface area contributed by atoms with Gasteiger partial charge in [0.15, 0.2) is 0 Å². The number of hydrogen-bond donors (Lipinski definition) is 0. The van der Waals surface area contributed by atoms with Gasteiger partial charge in [-0.15, -0.1) is 0 Å². The lowest BCUT2D eigenvalue weighted by Crippen LogP contribution is -1.94. The number of benzene rings is 1. The SMILES string of the molecule is COC1=CCCC(c2cccc(I)c2)=C1. The first-order chi connectivity index (χ1) is 7.29. The molecule has 1 aliphatic rings. The van der Waals surface area contributed by atoms with E-state index >= 15 is 0 Å². The molecular weight excluding hydrogens is 299 g/mol. The van der Waals surface area contributed by atoms with Crippen molar-refractivity contribution in [3.05, 3.63) is 51.3 Å². The Bertz CT molecular complexity index is 418. The van der Waals surface area contributed by atoms with Crippen LogP contribution in [-0.2, 0) is 4.74 Å². The average Bonchev–Trinajstić information content (AvgIpc) is 2.29. The summed E-state index contributed by atoms with van der Waals surface area (Å²) in [4.78, 5) is 0. The standard InChI is InChI=1S/C13H13IO/c1-15-13-7-3-5-11(9-13)10-4-2-6-12(14)8-10/h2,4,6-9H,3,5H2,1H3. The van der Waals surface area contributed by atoms with Gasteiger partial charge in [-0.1, -0.05) is 12.1 Å². The fraction of sp³-hybridized carbons (Fsp3) is 0.231. The third kappa shape index (κ3) is 2.62. The Morgan fingerprint density at radius 3 is 2.93 bits per heavy atom. The predicted octanol–water partition coefficient (Wildman–Crippen LogP) is 4.00. The van der Waals surface area contributed by atoms with Gasteiger partial charge in [0.1, 0.15) is 5.76 Å². The molecule has 15 heavy (non-hydrogen) atoms. The molecule has 1 aliphatic carbocycles. The van der Waals surface area contributed by atoms with E-state index < -0.39 is 0 Å². The topological polar surface area (TPSA) is 9.23 Å². The van der Waals surface area contributed by atoms with Crippen molar-refractivity contribution in [3.63, 3.8) is 0 Å². The third-order valence-electron chi connectivity index (χ3n) is 2.51. The van der Waals surface area contributed by atoms with Gasteiger partial charge in [0.2, 0.25) is 0 Å². The molecule has 1 nitrogen and oxygen atoms in total. The maximum absolute atomic E-state index is 5.26. The zero-order chi connectivity index (χ0) is 10.7. The van der Waals surface area contributed by atoms with Crippen molar-refractivity contribution in [2.45, 2.75) is 12.8 Å². The maximum atomic E-state index is 5.26. The highest BCUT2D eigenvalue weighted by Crippen LogP contribution is 2.27. The Labute approximate surface area is 104 Å². The second-order valence-corrected chi connectivity index (χ2v) is 4.77. The van der Waals surface area contributed by atoms with Crippen LogP contribution in [-0.4, -0.2) is 7.11 Å². The van der Waals surface area contributed by atoms with E-state index in [9.17, 15) is 0 Å². The van der Waals surface area contributed by atoms with Crippen LogP contribution in [0, 0.1) is 3.57 Å². The average molecular weight is 312 g/mol. The van der Waals surface area contributed by atoms with Gasteiger partial charge >= 0.3 is 0 Å². The van der Waals surface area contributed by atoms with Gasteiger partial charge in [0.05, 0.1) is 7.11 Å². The van der Waals surface area contributed by atoms with Crippen molar-refractivity contribution in [3.8, 4) is 0 Å². The molecule has 1 aromatic carbocycles. The molecule has 0 saturated carbocycles. The number of methoxy groups -OCH3 is 1. The van der Waals surface area contributed by atoms with Gasteiger partial charge in [-0.05, 0) is 70.9 Å². The van der Waals surface area contributed by atoms with Crippen LogP contribution in [0.5, 0.6) is 0 Å². The van der Waals surface area contributed by atoms with Crippen LogP contribution in [0.25, 0.3) is 5.57 Å². The molecule has 0 radical (unpaired) electrons. The molecule has 0 aliphatic heterocycles. The molecule has 2 heteroatoms. The monoisotopic (exact) mass is 312 g/mol. The lowest BCUT2D eigenvalue weighted by atomic mass is 9.97. The van der Waals surface area contributed by atoms with Gasteiger partial charge in [0, 0.05) is 3.57 Å². The molecule has 0 bridgehead atoms. The summed E-state index contributed by atoms with van der Waals surface area (Å²) in [5.41, 5.74) is 2.68. The van der Waals surface area contributed by atoms with E-state index in [0.29, 0.717) is 0 Å². The number of allylic oxidation sites excluding steroid dienone is 3. The van der Waals surface area contributed by atoms with E-state index in [1.54, 1.807) is 7.11 Å². The minimum atomic E-state index is 0.982. The van der Waals surface area contributed by atoms with Gasteiger partial charge in [-0.3, -0.25) is 0 Å². The van der Waals surface area contributed by atoms with Gasteiger partial charge < -0.3 is 4.74 Å². The molecule has 0 heterocycles. The first-order valence-electron chi connectivity index (χ1n) is 5.00. The largest absolute Gasteiger partial charge is 0.497 e. The molecule has 78 valence electrons. The minimum Gasteiger partial charge on any atom is -0.497 e. The smallest absolute Gasteiger partial charge is 0.115 e. The highest BCUT2D eigenvalue weighted by molar-refractivity contribution is 14.1. The number of halogens is 1. The van der Waals surface area contributed by atoms with Crippen LogP contribution in [0.4, 0.5) is 0 Å². The summed E-state index contributed by atoms with van der Waals surface area (Å²) in [6.07, 6.45) is 6.44. The molecule has 2 rings (SSSR count). The fourth-order valence-electron chi connectivity index (χ4n) is 1.73. The van der Waals surface area contributed by atoms with Crippen LogP contribution in [0.1, 0.15) is 18.4 Å². The van der Waals surface area contributed by atoms with Crippen molar-refractivity contribution in [2.75, 3.05) is 7.11 Å².